The summed E-state index contributed by atoms with van der Waals surface area (Å²) in [5.41, 5.74) is 0.571. The molecule has 0 spiro atoms. The number of anilines is 1. The number of hydrogen-bond donors (Lipinski definition) is 0. The molecule has 1 aromatic heterocycles. The van der Waals surface area contributed by atoms with Gasteiger partial charge in [-0.2, -0.15) is 5.26 Å². The van der Waals surface area contributed by atoms with Crippen molar-refractivity contribution in [2.24, 2.45) is 0 Å². The standard InChI is InChI=1S/C17H18ClN5O/c18-16-12-20-13-17(21-16)23-7-5-22(6-8-23)9-10-24-15-4-2-1-3-14(15)11-19/h1-4,12-13H,5-10H2. The van der Waals surface area contributed by atoms with E-state index in [1.165, 1.54) is 6.20 Å². The largest absolute Gasteiger partial charge is 0.491 e. The molecule has 1 fully saturated rings. The summed E-state index contributed by atoms with van der Waals surface area (Å²) in [5, 5.41) is 9.47. The molecule has 0 atom stereocenters. The molecule has 1 aromatic carbocycles. The molecule has 2 heterocycles. The molecule has 0 unspecified atom stereocenters. The lowest BCUT2D eigenvalue weighted by atomic mass is 10.2. The first-order chi connectivity index (χ1) is 11.8. The Bertz CT molecular complexity index is 725. The molecule has 0 amide bonds. The lowest BCUT2D eigenvalue weighted by molar-refractivity contribution is 0.200. The highest BCUT2D eigenvalue weighted by Gasteiger charge is 2.18. The monoisotopic (exact) mass is 343 g/mol. The quantitative estimate of drug-likeness (QED) is 0.829. The van der Waals surface area contributed by atoms with Gasteiger partial charge in [0.05, 0.1) is 18.0 Å². The number of hydrogen-bond acceptors (Lipinski definition) is 6. The molecule has 0 bridgehead atoms. The van der Waals surface area contributed by atoms with Gasteiger partial charge < -0.3 is 9.64 Å². The van der Waals surface area contributed by atoms with E-state index in [1.807, 2.05) is 18.2 Å². The van der Waals surface area contributed by atoms with Crippen molar-refractivity contribution in [1.29, 1.82) is 5.26 Å². The number of nitrogens with zero attached hydrogens (tertiary/aromatic N) is 5. The molecular weight excluding hydrogens is 326 g/mol. The van der Waals surface area contributed by atoms with Gasteiger partial charge in [-0.25, -0.2) is 4.98 Å². The van der Waals surface area contributed by atoms with Crippen molar-refractivity contribution in [3.63, 3.8) is 0 Å². The van der Waals surface area contributed by atoms with Crippen molar-refractivity contribution < 1.29 is 4.74 Å². The molecule has 1 saturated heterocycles. The van der Waals surface area contributed by atoms with Crippen LogP contribution in [-0.2, 0) is 0 Å². The molecule has 124 valence electrons. The van der Waals surface area contributed by atoms with Crippen molar-refractivity contribution >= 4 is 17.4 Å². The van der Waals surface area contributed by atoms with Crippen LogP contribution in [0, 0.1) is 11.3 Å². The van der Waals surface area contributed by atoms with Crippen molar-refractivity contribution in [2.75, 3.05) is 44.2 Å². The summed E-state index contributed by atoms with van der Waals surface area (Å²) >= 11 is 5.89. The number of para-hydroxylation sites is 1. The van der Waals surface area contributed by atoms with Gasteiger partial charge in [-0.3, -0.25) is 9.88 Å². The van der Waals surface area contributed by atoms with Crippen LogP contribution < -0.4 is 9.64 Å². The van der Waals surface area contributed by atoms with Crippen molar-refractivity contribution in [2.45, 2.75) is 0 Å². The number of rotatable bonds is 5. The fourth-order valence-electron chi connectivity index (χ4n) is 2.66. The number of halogens is 1. The summed E-state index contributed by atoms with van der Waals surface area (Å²) in [7, 11) is 0. The van der Waals surface area contributed by atoms with Crippen LogP contribution in [0.3, 0.4) is 0 Å². The maximum Gasteiger partial charge on any atom is 0.149 e. The second-order valence-corrected chi connectivity index (χ2v) is 5.87. The van der Waals surface area contributed by atoms with E-state index in [9.17, 15) is 0 Å². The SMILES string of the molecule is N#Cc1ccccc1OCCN1CCN(c2cncc(Cl)n2)CC1. The summed E-state index contributed by atoms with van der Waals surface area (Å²) in [5.74, 6) is 1.47. The predicted octanol–water partition coefficient (Wildman–Crippen LogP) is 2.20. The molecule has 0 N–H and O–H groups in total. The third-order valence-corrected chi connectivity index (χ3v) is 4.14. The predicted molar refractivity (Wildman–Crippen MR) is 92.3 cm³/mol. The average Bonchev–Trinajstić information content (AvgIpc) is 2.63. The Hall–Kier alpha value is -2.36. The number of benzene rings is 1. The van der Waals surface area contributed by atoms with Gasteiger partial charge in [0.1, 0.15) is 29.4 Å². The van der Waals surface area contributed by atoms with Gasteiger partial charge in [0.2, 0.25) is 0 Å². The Labute approximate surface area is 146 Å². The molecule has 0 radical (unpaired) electrons. The fraction of sp³-hybridized carbons (Fsp3) is 0.353. The van der Waals surface area contributed by atoms with Crippen LogP contribution in [0.5, 0.6) is 5.75 Å². The maximum absolute atomic E-state index is 9.06. The molecule has 0 aliphatic carbocycles. The zero-order valence-electron chi connectivity index (χ0n) is 13.2. The zero-order chi connectivity index (χ0) is 16.8. The van der Waals surface area contributed by atoms with E-state index in [4.69, 9.17) is 21.6 Å². The topological polar surface area (TPSA) is 65.3 Å². The first-order valence-corrected chi connectivity index (χ1v) is 8.21. The van der Waals surface area contributed by atoms with Gasteiger partial charge in [-0.1, -0.05) is 23.7 Å². The molecule has 1 aliphatic heterocycles. The summed E-state index contributed by atoms with van der Waals surface area (Å²) in [6, 6.07) is 9.45. The highest BCUT2D eigenvalue weighted by Crippen LogP contribution is 2.17. The van der Waals surface area contributed by atoms with E-state index in [0.29, 0.717) is 23.1 Å². The number of aromatic nitrogens is 2. The molecule has 1 aliphatic rings. The van der Waals surface area contributed by atoms with Crippen LogP contribution in [0.15, 0.2) is 36.7 Å². The van der Waals surface area contributed by atoms with Crippen molar-refractivity contribution in [3.8, 4) is 11.8 Å². The molecule has 7 heteroatoms. The zero-order valence-corrected chi connectivity index (χ0v) is 14.0. The van der Waals surface area contributed by atoms with Crippen LogP contribution in [0.25, 0.3) is 0 Å². The Morgan fingerprint density at radius 1 is 1.17 bits per heavy atom. The van der Waals surface area contributed by atoms with Crippen LogP contribution in [0.4, 0.5) is 5.82 Å². The number of nitriles is 1. The molecule has 24 heavy (non-hydrogen) atoms. The third-order valence-electron chi connectivity index (χ3n) is 3.96. The van der Waals surface area contributed by atoms with Crippen LogP contribution in [-0.4, -0.2) is 54.2 Å². The second-order valence-electron chi connectivity index (χ2n) is 5.49. The smallest absolute Gasteiger partial charge is 0.149 e. The first kappa shape index (κ1) is 16.5. The van der Waals surface area contributed by atoms with E-state index in [0.717, 1.165) is 38.5 Å². The number of ether oxygens (including phenoxy) is 1. The molecule has 6 nitrogen and oxygen atoms in total. The highest BCUT2D eigenvalue weighted by atomic mass is 35.5. The van der Waals surface area contributed by atoms with E-state index < -0.39 is 0 Å². The second kappa shape index (κ2) is 7.95. The minimum atomic E-state index is 0.416. The molecular formula is C17H18ClN5O. The highest BCUT2D eigenvalue weighted by molar-refractivity contribution is 6.29. The third kappa shape index (κ3) is 4.13. The summed E-state index contributed by atoms with van der Waals surface area (Å²) in [6.45, 7) is 5.01. The van der Waals surface area contributed by atoms with Gasteiger partial charge in [0.15, 0.2) is 0 Å². The van der Waals surface area contributed by atoms with E-state index in [2.05, 4.69) is 25.8 Å². The van der Waals surface area contributed by atoms with Crippen LogP contribution in [0.2, 0.25) is 5.15 Å². The van der Waals surface area contributed by atoms with Crippen molar-refractivity contribution in [3.05, 3.63) is 47.4 Å². The molecule has 3 rings (SSSR count). The maximum atomic E-state index is 9.06. The normalized spacial score (nSPS) is 15.1. The summed E-state index contributed by atoms with van der Waals surface area (Å²) in [4.78, 5) is 12.9. The molecule has 2 aromatic rings. The van der Waals surface area contributed by atoms with Gasteiger partial charge in [-0.15, -0.1) is 0 Å². The van der Waals surface area contributed by atoms with Crippen LogP contribution >= 0.6 is 11.6 Å². The summed E-state index contributed by atoms with van der Waals surface area (Å²) < 4.78 is 5.74. The Morgan fingerprint density at radius 2 is 1.96 bits per heavy atom. The lowest BCUT2D eigenvalue weighted by Crippen LogP contribution is -2.47. The van der Waals surface area contributed by atoms with E-state index in [-0.39, 0.29) is 0 Å². The minimum absolute atomic E-state index is 0.416. The van der Waals surface area contributed by atoms with Gasteiger partial charge >= 0.3 is 0 Å². The Kier molecular flexibility index (Phi) is 5.47. The van der Waals surface area contributed by atoms with Gasteiger partial charge in [0.25, 0.3) is 0 Å². The van der Waals surface area contributed by atoms with Gasteiger partial charge in [0, 0.05) is 32.7 Å². The first-order valence-electron chi connectivity index (χ1n) is 7.83. The lowest BCUT2D eigenvalue weighted by Gasteiger charge is -2.35. The van der Waals surface area contributed by atoms with Crippen molar-refractivity contribution in [1.82, 2.24) is 14.9 Å². The number of piperazine rings is 1. The average molecular weight is 344 g/mol. The summed E-state index contributed by atoms with van der Waals surface area (Å²) in [6.07, 6.45) is 3.28. The molecule has 0 saturated carbocycles. The Morgan fingerprint density at radius 3 is 2.71 bits per heavy atom. The van der Waals surface area contributed by atoms with Gasteiger partial charge in [-0.05, 0) is 12.1 Å². The van der Waals surface area contributed by atoms with Crippen LogP contribution in [0.1, 0.15) is 5.56 Å². The Balaban J connectivity index is 1.45. The fourth-order valence-corrected chi connectivity index (χ4v) is 2.80. The minimum Gasteiger partial charge on any atom is -0.491 e. The van der Waals surface area contributed by atoms with E-state index >= 15 is 0 Å². The van der Waals surface area contributed by atoms with E-state index in [1.54, 1.807) is 12.3 Å².